The van der Waals surface area contributed by atoms with Crippen LogP contribution in [0, 0.1) is 5.92 Å². The fraction of sp³-hybridized carbons (Fsp3) is 0.350. The lowest BCUT2D eigenvalue weighted by molar-refractivity contribution is 0.0171. The summed E-state index contributed by atoms with van der Waals surface area (Å²) in [5.74, 6) is 1.56. The van der Waals surface area contributed by atoms with Gasteiger partial charge in [0.15, 0.2) is 0 Å². The number of nitrogen functional groups attached to an aromatic ring is 1. The van der Waals surface area contributed by atoms with Crippen LogP contribution in [0.3, 0.4) is 0 Å². The molecule has 2 aromatic carbocycles. The number of para-hydroxylation sites is 2. The van der Waals surface area contributed by atoms with Gasteiger partial charge in [-0.3, -0.25) is 9.69 Å². The van der Waals surface area contributed by atoms with E-state index in [1.807, 2.05) is 24.3 Å². The second-order valence-corrected chi connectivity index (χ2v) is 6.97. The van der Waals surface area contributed by atoms with Crippen LogP contribution in [0.5, 0.6) is 5.75 Å². The smallest absolute Gasteiger partial charge is 0.255 e. The molecule has 5 nitrogen and oxygen atoms in total. The third-order valence-corrected chi connectivity index (χ3v) is 4.77. The van der Waals surface area contributed by atoms with E-state index in [2.05, 4.69) is 10.2 Å². The molecular weight excluding hydrogens is 385 g/mol. The molecule has 2 aromatic rings. The molecular formula is C20H25Cl2N3O2. The van der Waals surface area contributed by atoms with E-state index < -0.39 is 0 Å². The fourth-order valence-corrected chi connectivity index (χ4v) is 3.09. The van der Waals surface area contributed by atoms with Crippen molar-refractivity contribution in [1.29, 1.82) is 0 Å². The minimum absolute atomic E-state index is 0. The normalized spacial score (nSPS) is 16.4. The average Bonchev–Trinajstić information content (AvgIpc) is 3.40. The Kier molecular flexibility index (Phi) is 7.36. The second-order valence-electron chi connectivity index (χ2n) is 6.97. The molecule has 4 rings (SSSR count). The van der Waals surface area contributed by atoms with E-state index in [0.717, 1.165) is 24.8 Å². The number of nitrogens with one attached hydrogen (secondary N) is 1. The SMILES string of the molecule is Cl.Cl.Nc1ccccc1NC(=O)c1ccc(OC2CN(CC3CC3)C2)cc1. The van der Waals surface area contributed by atoms with Gasteiger partial charge in [-0.2, -0.15) is 0 Å². The molecule has 0 radical (unpaired) electrons. The first kappa shape index (κ1) is 21.4. The molecule has 7 heteroatoms. The first-order valence-corrected chi connectivity index (χ1v) is 8.82. The van der Waals surface area contributed by atoms with Gasteiger partial charge in [-0.15, -0.1) is 24.8 Å². The second kappa shape index (κ2) is 9.31. The number of halogens is 2. The van der Waals surface area contributed by atoms with Gasteiger partial charge in [-0.25, -0.2) is 0 Å². The van der Waals surface area contributed by atoms with Crippen molar-refractivity contribution in [3.63, 3.8) is 0 Å². The van der Waals surface area contributed by atoms with Crippen LogP contribution in [0.15, 0.2) is 48.5 Å². The van der Waals surface area contributed by atoms with E-state index in [9.17, 15) is 4.79 Å². The standard InChI is InChI=1S/C20H23N3O2.2ClH/c21-18-3-1-2-4-19(18)22-20(24)15-7-9-16(10-8-15)25-17-12-23(13-17)11-14-5-6-14;;/h1-4,7-10,14,17H,5-6,11-13,21H2,(H,22,24);2*1H. The lowest BCUT2D eigenvalue weighted by atomic mass is 10.1. The summed E-state index contributed by atoms with van der Waals surface area (Å²) in [5.41, 5.74) is 7.61. The van der Waals surface area contributed by atoms with Crippen molar-refractivity contribution in [2.45, 2.75) is 18.9 Å². The number of carbonyl (C=O) groups is 1. The van der Waals surface area contributed by atoms with Gasteiger partial charge < -0.3 is 15.8 Å². The fourth-order valence-electron chi connectivity index (χ4n) is 3.09. The summed E-state index contributed by atoms with van der Waals surface area (Å²) in [5, 5.41) is 2.83. The van der Waals surface area contributed by atoms with Gasteiger partial charge in [-0.05, 0) is 55.2 Å². The topological polar surface area (TPSA) is 67.6 Å². The molecule has 1 aliphatic carbocycles. The van der Waals surface area contributed by atoms with Crippen molar-refractivity contribution < 1.29 is 9.53 Å². The highest BCUT2D eigenvalue weighted by molar-refractivity contribution is 6.05. The maximum Gasteiger partial charge on any atom is 0.255 e. The average molecular weight is 410 g/mol. The quantitative estimate of drug-likeness (QED) is 0.711. The van der Waals surface area contributed by atoms with E-state index in [1.165, 1.54) is 19.4 Å². The minimum Gasteiger partial charge on any atom is -0.488 e. The van der Waals surface area contributed by atoms with Crippen LogP contribution in [0.4, 0.5) is 11.4 Å². The van der Waals surface area contributed by atoms with Crippen LogP contribution in [0.1, 0.15) is 23.2 Å². The number of nitrogens with two attached hydrogens (primary N) is 1. The molecule has 1 aliphatic heterocycles. The first-order valence-electron chi connectivity index (χ1n) is 8.82. The number of anilines is 2. The number of likely N-dealkylation sites (tertiary alicyclic amines) is 1. The number of ether oxygens (including phenoxy) is 1. The van der Waals surface area contributed by atoms with Crippen molar-refractivity contribution in [3.8, 4) is 5.75 Å². The highest BCUT2D eigenvalue weighted by atomic mass is 35.5. The maximum atomic E-state index is 12.3. The third-order valence-electron chi connectivity index (χ3n) is 4.77. The Labute approximate surface area is 172 Å². The Morgan fingerprint density at radius 2 is 1.74 bits per heavy atom. The number of benzene rings is 2. The summed E-state index contributed by atoms with van der Waals surface area (Å²) in [4.78, 5) is 14.8. The summed E-state index contributed by atoms with van der Waals surface area (Å²) in [7, 11) is 0. The van der Waals surface area contributed by atoms with Crippen LogP contribution >= 0.6 is 24.8 Å². The van der Waals surface area contributed by atoms with Crippen LogP contribution in [0.25, 0.3) is 0 Å². The van der Waals surface area contributed by atoms with Gasteiger partial charge in [-0.1, -0.05) is 12.1 Å². The molecule has 1 heterocycles. The van der Waals surface area contributed by atoms with Gasteiger partial charge in [0.1, 0.15) is 11.9 Å². The summed E-state index contributed by atoms with van der Waals surface area (Å²) >= 11 is 0. The van der Waals surface area contributed by atoms with Gasteiger partial charge >= 0.3 is 0 Å². The molecule has 0 atom stereocenters. The van der Waals surface area contributed by atoms with Gasteiger partial charge in [0.05, 0.1) is 11.4 Å². The molecule has 1 saturated heterocycles. The van der Waals surface area contributed by atoms with Crippen LogP contribution in [-0.4, -0.2) is 36.5 Å². The molecule has 1 amide bonds. The Morgan fingerprint density at radius 1 is 1.07 bits per heavy atom. The molecule has 3 N–H and O–H groups in total. The number of hydrogen-bond donors (Lipinski definition) is 2. The Hall–Kier alpha value is -1.95. The molecule has 27 heavy (non-hydrogen) atoms. The predicted octanol–water partition coefficient (Wildman–Crippen LogP) is 3.84. The number of rotatable bonds is 6. The van der Waals surface area contributed by atoms with Gasteiger partial charge in [0.25, 0.3) is 5.91 Å². The molecule has 0 unspecified atom stereocenters. The largest absolute Gasteiger partial charge is 0.488 e. The third kappa shape index (κ3) is 5.51. The highest BCUT2D eigenvalue weighted by Gasteiger charge is 2.33. The van der Waals surface area contributed by atoms with Crippen molar-refractivity contribution in [1.82, 2.24) is 4.90 Å². The number of amides is 1. The summed E-state index contributed by atoms with van der Waals surface area (Å²) in [6.07, 6.45) is 3.04. The van der Waals surface area contributed by atoms with Crippen LogP contribution < -0.4 is 15.8 Å². The molecule has 146 valence electrons. The Morgan fingerprint density at radius 3 is 2.37 bits per heavy atom. The Bertz CT molecular complexity index is 760. The minimum atomic E-state index is -0.177. The summed E-state index contributed by atoms with van der Waals surface area (Å²) < 4.78 is 5.96. The van der Waals surface area contributed by atoms with Crippen molar-refractivity contribution in [3.05, 3.63) is 54.1 Å². The monoisotopic (exact) mass is 409 g/mol. The number of hydrogen-bond acceptors (Lipinski definition) is 4. The first-order chi connectivity index (χ1) is 12.2. The maximum absolute atomic E-state index is 12.3. The van der Waals surface area contributed by atoms with E-state index in [0.29, 0.717) is 16.9 Å². The van der Waals surface area contributed by atoms with Crippen LogP contribution in [-0.2, 0) is 0 Å². The zero-order valence-corrected chi connectivity index (χ0v) is 16.6. The van der Waals surface area contributed by atoms with Gasteiger partial charge in [0, 0.05) is 25.2 Å². The van der Waals surface area contributed by atoms with E-state index in [1.54, 1.807) is 24.3 Å². The molecule has 0 spiro atoms. The zero-order valence-electron chi connectivity index (χ0n) is 15.0. The molecule has 2 aliphatic rings. The van der Waals surface area contributed by atoms with Crippen molar-refractivity contribution in [2.24, 2.45) is 5.92 Å². The van der Waals surface area contributed by atoms with Crippen LogP contribution in [0.2, 0.25) is 0 Å². The molecule has 1 saturated carbocycles. The summed E-state index contributed by atoms with van der Waals surface area (Å²) in [6.45, 7) is 3.24. The van der Waals surface area contributed by atoms with E-state index in [4.69, 9.17) is 10.5 Å². The van der Waals surface area contributed by atoms with Gasteiger partial charge in [0.2, 0.25) is 0 Å². The van der Waals surface area contributed by atoms with E-state index in [-0.39, 0.29) is 36.8 Å². The van der Waals surface area contributed by atoms with E-state index >= 15 is 0 Å². The number of nitrogens with zero attached hydrogens (tertiary/aromatic N) is 1. The number of carbonyl (C=O) groups excluding carboxylic acids is 1. The molecule has 0 aromatic heterocycles. The summed E-state index contributed by atoms with van der Waals surface area (Å²) in [6, 6.07) is 14.5. The van der Waals surface area contributed by atoms with Crippen molar-refractivity contribution in [2.75, 3.05) is 30.7 Å². The molecule has 2 fully saturated rings. The highest BCUT2D eigenvalue weighted by Crippen LogP contribution is 2.31. The predicted molar refractivity (Wildman–Crippen MR) is 113 cm³/mol. The Balaban J connectivity index is 0.00000131. The molecule has 0 bridgehead atoms. The zero-order chi connectivity index (χ0) is 17.2. The van der Waals surface area contributed by atoms with Crippen molar-refractivity contribution >= 4 is 42.1 Å². The lowest BCUT2D eigenvalue weighted by Crippen LogP contribution is -2.54. The lowest BCUT2D eigenvalue weighted by Gasteiger charge is -2.39.